The molecule has 0 aliphatic rings. The first-order valence-electron chi connectivity index (χ1n) is 5.85. The molecule has 0 aliphatic heterocycles. The highest BCUT2D eigenvalue weighted by Crippen LogP contribution is 2.22. The van der Waals surface area contributed by atoms with E-state index in [1.165, 1.54) is 18.2 Å². The lowest BCUT2D eigenvalue weighted by Gasteiger charge is -2.20. The van der Waals surface area contributed by atoms with Crippen molar-refractivity contribution in [2.45, 2.75) is 26.3 Å². The minimum absolute atomic E-state index is 0.163. The Morgan fingerprint density at radius 1 is 1.32 bits per heavy atom. The average Bonchev–Trinajstić information content (AvgIpc) is 2.37. The Morgan fingerprint density at radius 2 is 1.95 bits per heavy atom. The summed E-state index contributed by atoms with van der Waals surface area (Å²) in [6, 6.07) is 3.48. The van der Waals surface area contributed by atoms with Gasteiger partial charge in [-0.3, -0.25) is 4.79 Å². The van der Waals surface area contributed by atoms with Crippen molar-refractivity contribution < 1.29 is 14.7 Å². The molecule has 0 heterocycles. The number of halogens is 2. The van der Waals surface area contributed by atoms with Crippen molar-refractivity contribution in [1.82, 2.24) is 5.32 Å². The van der Waals surface area contributed by atoms with Gasteiger partial charge in [-0.1, -0.05) is 43.5 Å². The molecule has 0 saturated carbocycles. The van der Waals surface area contributed by atoms with Crippen LogP contribution in [0.3, 0.4) is 0 Å². The summed E-state index contributed by atoms with van der Waals surface area (Å²) in [5.41, 5.74) is 0.281. The highest BCUT2D eigenvalue weighted by atomic mass is 35.5. The van der Waals surface area contributed by atoms with Gasteiger partial charge in [0.1, 0.15) is 6.04 Å². The number of rotatable bonds is 5. The lowest BCUT2D eigenvalue weighted by Crippen LogP contribution is -2.45. The van der Waals surface area contributed by atoms with Gasteiger partial charge in [-0.05, 0) is 24.1 Å². The van der Waals surface area contributed by atoms with Crippen molar-refractivity contribution in [3.05, 3.63) is 33.8 Å². The van der Waals surface area contributed by atoms with Crippen LogP contribution in [0.2, 0.25) is 10.0 Å². The van der Waals surface area contributed by atoms with Crippen LogP contribution in [0.5, 0.6) is 0 Å². The fraction of sp³-hybridized carbons (Fsp3) is 0.385. The first kappa shape index (κ1) is 15.8. The van der Waals surface area contributed by atoms with Crippen molar-refractivity contribution >= 4 is 35.1 Å². The van der Waals surface area contributed by atoms with Crippen LogP contribution in [0.25, 0.3) is 0 Å². The van der Waals surface area contributed by atoms with Crippen LogP contribution >= 0.6 is 23.2 Å². The van der Waals surface area contributed by atoms with Gasteiger partial charge < -0.3 is 10.4 Å². The molecule has 0 fully saturated rings. The first-order chi connectivity index (χ1) is 8.86. The Morgan fingerprint density at radius 3 is 2.42 bits per heavy atom. The third-order valence-corrected chi connectivity index (χ3v) is 3.69. The third-order valence-electron chi connectivity index (χ3n) is 2.95. The van der Waals surface area contributed by atoms with Gasteiger partial charge in [-0.25, -0.2) is 4.79 Å². The molecule has 104 valence electrons. The van der Waals surface area contributed by atoms with Gasteiger partial charge >= 0.3 is 5.97 Å². The van der Waals surface area contributed by atoms with Crippen LogP contribution in [-0.4, -0.2) is 23.0 Å². The van der Waals surface area contributed by atoms with Crippen LogP contribution < -0.4 is 5.32 Å². The topological polar surface area (TPSA) is 66.4 Å². The van der Waals surface area contributed by atoms with Crippen molar-refractivity contribution in [3.8, 4) is 0 Å². The number of aliphatic carboxylic acids is 1. The molecule has 1 aromatic rings. The molecule has 1 amide bonds. The summed E-state index contributed by atoms with van der Waals surface area (Å²) in [5.74, 6) is -1.70. The van der Waals surface area contributed by atoms with Gasteiger partial charge in [0, 0.05) is 5.56 Å². The third kappa shape index (κ3) is 4.11. The Kier molecular flexibility index (Phi) is 5.63. The summed E-state index contributed by atoms with van der Waals surface area (Å²) >= 11 is 11.6. The average molecular weight is 304 g/mol. The summed E-state index contributed by atoms with van der Waals surface area (Å²) in [4.78, 5) is 23.1. The lowest BCUT2D eigenvalue weighted by atomic mass is 9.99. The largest absolute Gasteiger partial charge is 0.480 e. The SMILES string of the molecule is CC[C@H](C)[C@H](NC(=O)c1ccc(Cl)c(Cl)c1)C(=O)O. The molecule has 0 radical (unpaired) electrons. The van der Waals surface area contributed by atoms with E-state index in [1.807, 2.05) is 6.92 Å². The maximum atomic E-state index is 12.0. The van der Waals surface area contributed by atoms with E-state index in [9.17, 15) is 9.59 Å². The minimum atomic E-state index is -1.05. The molecule has 2 atom stereocenters. The highest BCUT2D eigenvalue weighted by molar-refractivity contribution is 6.42. The molecule has 19 heavy (non-hydrogen) atoms. The zero-order valence-electron chi connectivity index (χ0n) is 10.6. The zero-order chi connectivity index (χ0) is 14.6. The summed E-state index contributed by atoms with van der Waals surface area (Å²) < 4.78 is 0. The maximum absolute atomic E-state index is 12.0. The predicted octanol–water partition coefficient (Wildman–Crippen LogP) is 3.22. The molecular formula is C13H15Cl2NO3. The number of hydrogen-bond acceptors (Lipinski definition) is 2. The molecule has 1 aromatic carbocycles. The summed E-state index contributed by atoms with van der Waals surface area (Å²) in [6.45, 7) is 3.64. The molecule has 0 saturated heterocycles. The molecule has 2 N–H and O–H groups in total. The number of hydrogen-bond donors (Lipinski definition) is 2. The van der Waals surface area contributed by atoms with Crippen molar-refractivity contribution in [2.24, 2.45) is 5.92 Å². The second-order valence-electron chi connectivity index (χ2n) is 4.30. The van der Waals surface area contributed by atoms with E-state index in [-0.39, 0.29) is 16.5 Å². The molecule has 6 heteroatoms. The number of nitrogens with one attached hydrogen (secondary N) is 1. The summed E-state index contributed by atoms with van der Waals surface area (Å²) in [7, 11) is 0. The van der Waals surface area contributed by atoms with Crippen LogP contribution in [0, 0.1) is 5.92 Å². The molecule has 0 aromatic heterocycles. The van der Waals surface area contributed by atoms with Gasteiger partial charge in [0.25, 0.3) is 5.91 Å². The van der Waals surface area contributed by atoms with Crippen molar-refractivity contribution in [3.63, 3.8) is 0 Å². The number of carbonyl (C=O) groups is 2. The fourth-order valence-corrected chi connectivity index (χ4v) is 1.84. The number of carboxylic acids is 1. The number of carboxylic acid groups (broad SMARTS) is 1. The van der Waals surface area contributed by atoms with Gasteiger partial charge in [0.2, 0.25) is 0 Å². The van der Waals surface area contributed by atoms with Crippen molar-refractivity contribution in [1.29, 1.82) is 0 Å². The number of amides is 1. The molecule has 0 unspecified atom stereocenters. The second kappa shape index (κ2) is 6.78. The van der Waals surface area contributed by atoms with E-state index in [2.05, 4.69) is 5.32 Å². The Balaban J connectivity index is 2.87. The Labute approximate surface area is 121 Å². The molecule has 0 spiro atoms. The molecule has 0 aliphatic carbocycles. The molecule has 1 rings (SSSR count). The van der Waals surface area contributed by atoms with Gasteiger partial charge in [-0.15, -0.1) is 0 Å². The van der Waals surface area contributed by atoms with E-state index in [0.717, 1.165) is 0 Å². The van der Waals surface area contributed by atoms with E-state index < -0.39 is 17.9 Å². The predicted molar refractivity (Wildman–Crippen MR) is 74.8 cm³/mol. The normalized spacial score (nSPS) is 13.7. The van der Waals surface area contributed by atoms with Gasteiger partial charge in [-0.2, -0.15) is 0 Å². The summed E-state index contributed by atoms with van der Waals surface area (Å²) in [5, 5.41) is 12.2. The smallest absolute Gasteiger partial charge is 0.326 e. The standard InChI is InChI=1S/C13H15Cl2NO3/c1-3-7(2)11(13(18)19)16-12(17)8-4-5-9(14)10(15)6-8/h4-7,11H,3H2,1-2H3,(H,16,17)(H,18,19)/t7-,11-/m0/s1. The molecule has 4 nitrogen and oxygen atoms in total. The van der Waals surface area contributed by atoms with E-state index >= 15 is 0 Å². The Bertz CT molecular complexity index is 491. The van der Waals surface area contributed by atoms with Gasteiger partial charge in [0.15, 0.2) is 0 Å². The maximum Gasteiger partial charge on any atom is 0.326 e. The van der Waals surface area contributed by atoms with Crippen LogP contribution in [0.15, 0.2) is 18.2 Å². The van der Waals surface area contributed by atoms with Crippen LogP contribution in [-0.2, 0) is 4.79 Å². The highest BCUT2D eigenvalue weighted by Gasteiger charge is 2.25. The van der Waals surface area contributed by atoms with E-state index in [0.29, 0.717) is 11.4 Å². The second-order valence-corrected chi connectivity index (χ2v) is 5.12. The zero-order valence-corrected chi connectivity index (χ0v) is 12.1. The molecule has 0 bridgehead atoms. The number of carbonyl (C=O) groups excluding carboxylic acids is 1. The van der Waals surface area contributed by atoms with Crippen LogP contribution in [0.4, 0.5) is 0 Å². The van der Waals surface area contributed by atoms with E-state index in [4.69, 9.17) is 28.3 Å². The van der Waals surface area contributed by atoms with Crippen molar-refractivity contribution in [2.75, 3.05) is 0 Å². The Hall–Kier alpha value is -1.26. The quantitative estimate of drug-likeness (QED) is 0.877. The fourth-order valence-electron chi connectivity index (χ4n) is 1.55. The van der Waals surface area contributed by atoms with Crippen LogP contribution in [0.1, 0.15) is 30.6 Å². The van der Waals surface area contributed by atoms with E-state index in [1.54, 1.807) is 6.92 Å². The summed E-state index contributed by atoms with van der Waals surface area (Å²) in [6.07, 6.45) is 0.651. The van der Waals surface area contributed by atoms with Gasteiger partial charge in [0.05, 0.1) is 10.0 Å². The number of benzene rings is 1. The monoisotopic (exact) mass is 303 g/mol. The minimum Gasteiger partial charge on any atom is -0.480 e. The lowest BCUT2D eigenvalue weighted by molar-refractivity contribution is -0.140. The first-order valence-corrected chi connectivity index (χ1v) is 6.61. The molecular weight excluding hydrogens is 289 g/mol.